The van der Waals surface area contributed by atoms with Crippen molar-refractivity contribution in [2.45, 2.75) is 6.92 Å². The third kappa shape index (κ3) is 4.12. The molecule has 0 aliphatic carbocycles. The van der Waals surface area contributed by atoms with Crippen molar-refractivity contribution in [3.63, 3.8) is 0 Å². The van der Waals surface area contributed by atoms with Crippen LogP contribution in [-0.4, -0.2) is 28.4 Å². The molecule has 80 valence electrons. The molecule has 0 fully saturated rings. The van der Waals surface area contributed by atoms with Gasteiger partial charge in [-0.05, 0) is 19.1 Å². The zero-order valence-electron chi connectivity index (χ0n) is 8.30. The van der Waals surface area contributed by atoms with Crippen LogP contribution in [0.25, 0.3) is 0 Å². The molecule has 0 saturated heterocycles. The fourth-order valence-electron chi connectivity index (χ4n) is 0.885. The van der Waals surface area contributed by atoms with E-state index in [1.807, 2.05) is 0 Å². The normalized spacial score (nSPS) is 9.67. The van der Waals surface area contributed by atoms with Gasteiger partial charge < -0.3 is 4.74 Å². The molecule has 1 aromatic rings. The second-order valence-electron chi connectivity index (χ2n) is 2.60. The summed E-state index contributed by atoms with van der Waals surface area (Å²) in [6, 6.07) is 5.07. The SMILES string of the molecule is CCOC(=O)CSC(=O)c1ccccn1. The maximum Gasteiger partial charge on any atom is 0.316 e. The maximum absolute atomic E-state index is 11.4. The predicted octanol–water partition coefficient (Wildman–Crippen LogP) is 1.52. The van der Waals surface area contributed by atoms with Gasteiger partial charge in [-0.2, -0.15) is 0 Å². The predicted molar refractivity (Wildman–Crippen MR) is 57.7 cm³/mol. The summed E-state index contributed by atoms with van der Waals surface area (Å²) in [6.45, 7) is 2.06. The summed E-state index contributed by atoms with van der Waals surface area (Å²) in [5, 5.41) is -0.219. The minimum Gasteiger partial charge on any atom is -0.465 e. The Morgan fingerprint density at radius 1 is 1.47 bits per heavy atom. The molecule has 4 nitrogen and oxygen atoms in total. The van der Waals surface area contributed by atoms with Crippen LogP contribution in [0.5, 0.6) is 0 Å². The van der Waals surface area contributed by atoms with E-state index in [9.17, 15) is 9.59 Å². The molecule has 5 heteroatoms. The molecule has 0 N–H and O–H groups in total. The van der Waals surface area contributed by atoms with Gasteiger partial charge >= 0.3 is 5.97 Å². The molecule has 15 heavy (non-hydrogen) atoms. The zero-order chi connectivity index (χ0) is 11.1. The van der Waals surface area contributed by atoms with Gasteiger partial charge in [-0.3, -0.25) is 14.6 Å². The summed E-state index contributed by atoms with van der Waals surface area (Å²) in [7, 11) is 0. The smallest absolute Gasteiger partial charge is 0.316 e. The minimum atomic E-state index is -0.383. The van der Waals surface area contributed by atoms with Gasteiger partial charge in [-0.1, -0.05) is 17.8 Å². The van der Waals surface area contributed by atoms with Crippen LogP contribution in [0, 0.1) is 0 Å². The maximum atomic E-state index is 11.4. The van der Waals surface area contributed by atoms with E-state index >= 15 is 0 Å². The van der Waals surface area contributed by atoms with Crippen LogP contribution >= 0.6 is 11.8 Å². The highest BCUT2D eigenvalue weighted by molar-refractivity contribution is 8.14. The lowest BCUT2D eigenvalue weighted by Crippen LogP contribution is -2.09. The number of nitrogens with zero attached hydrogens (tertiary/aromatic N) is 1. The summed E-state index contributed by atoms with van der Waals surface area (Å²) >= 11 is 0.902. The fraction of sp³-hybridized carbons (Fsp3) is 0.300. The number of thioether (sulfide) groups is 1. The van der Waals surface area contributed by atoms with Gasteiger partial charge in [0.1, 0.15) is 5.69 Å². The lowest BCUT2D eigenvalue weighted by Gasteiger charge is -2.00. The molecule has 0 amide bonds. The molecule has 1 rings (SSSR count). The molecular weight excluding hydrogens is 214 g/mol. The highest BCUT2D eigenvalue weighted by Gasteiger charge is 2.10. The largest absolute Gasteiger partial charge is 0.465 e. The molecule has 0 bridgehead atoms. The van der Waals surface area contributed by atoms with Crippen molar-refractivity contribution in [3.05, 3.63) is 30.1 Å². The number of pyridine rings is 1. The topological polar surface area (TPSA) is 56.3 Å². The Bertz CT molecular complexity index is 340. The molecule has 1 heterocycles. The van der Waals surface area contributed by atoms with E-state index in [1.165, 1.54) is 6.20 Å². The lowest BCUT2D eigenvalue weighted by molar-refractivity contribution is -0.139. The Morgan fingerprint density at radius 3 is 2.87 bits per heavy atom. The lowest BCUT2D eigenvalue weighted by atomic mass is 10.4. The average molecular weight is 225 g/mol. The average Bonchev–Trinajstić information content (AvgIpc) is 2.27. The van der Waals surface area contributed by atoms with E-state index in [0.29, 0.717) is 12.3 Å². The van der Waals surface area contributed by atoms with Crippen LogP contribution in [-0.2, 0) is 9.53 Å². The number of aromatic nitrogens is 1. The van der Waals surface area contributed by atoms with E-state index in [2.05, 4.69) is 4.98 Å². The summed E-state index contributed by atoms with van der Waals surface area (Å²) in [6.07, 6.45) is 1.54. The Labute approximate surface area is 92.0 Å². The molecule has 0 radical (unpaired) electrons. The third-order valence-electron chi connectivity index (χ3n) is 1.50. The molecule has 0 unspecified atom stereocenters. The van der Waals surface area contributed by atoms with Crippen molar-refractivity contribution in [1.82, 2.24) is 4.98 Å². The van der Waals surface area contributed by atoms with Gasteiger partial charge in [0.25, 0.3) is 0 Å². The fourth-order valence-corrected chi connectivity index (χ4v) is 1.49. The third-order valence-corrected chi connectivity index (χ3v) is 2.35. The number of carbonyl (C=O) groups is 2. The first-order valence-electron chi connectivity index (χ1n) is 4.47. The second-order valence-corrected chi connectivity index (χ2v) is 3.54. The monoisotopic (exact) mass is 225 g/mol. The van der Waals surface area contributed by atoms with Gasteiger partial charge in [0, 0.05) is 6.20 Å². The summed E-state index contributed by atoms with van der Waals surface area (Å²) in [5.74, 6) is -0.352. The van der Waals surface area contributed by atoms with Crippen LogP contribution in [0.15, 0.2) is 24.4 Å². The van der Waals surface area contributed by atoms with E-state index in [1.54, 1.807) is 25.1 Å². The standard InChI is InChI=1S/C10H11NO3S/c1-2-14-9(12)7-15-10(13)8-5-3-4-6-11-8/h3-6H,2,7H2,1H3. The number of hydrogen-bond donors (Lipinski definition) is 0. The first-order chi connectivity index (χ1) is 7.24. The highest BCUT2D eigenvalue weighted by Crippen LogP contribution is 2.09. The first kappa shape index (κ1) is 11.7. The van der Waals surface area contributed by atoms with Crippen molar-refractivity contribution in [1.29, 1.82) is 0 Å². The van der Waals surface area contributed by atoms with Crippen LogP contribution < -0.4 is 0 Å². The molecule has 0 aromatic carbocycles. The summed E-state index contributed by atoms with van der Waals surface area (Å²) in [5.41, 5.74) is 0.354. The quantitative estimate of drug-likeness (QED) is 0.727. The van der Waals surface area contributed by atoms with Crippen molar-refractivity contribution in [3.8, 4) is 0 Å². The highest BCUT2D eigenvalue weighted by atomic mass is 32.2. The van der Waals surface area contributed by atoms with Gasteiger partial charge in [-0.25, -0.2) is 0 Å². The van der Waals surface area contributed by atoms with E-state index in [-0.39, 0.29) is 16.8 Å². The zero-order valence-corrected chi connectivity index (χ0v) is 9.12. The number of esters is 1. The van der Waals surface area contributed by atoms with Gasteiger partial charge in [-0.15, -0.1) is 0 Å². The van der Waals surface area contributed by atoms with Crippen molar-refractivity contribution in [2.75, 3.05) is 12.4 Å². The summed E-state index contributed by atoms with van der Waals surface area (Å²) < 4.78 is 4.70. The van der Waals surface area contributed by atoms with Crippen LogP contribution in [0.1, 0.15) is 17.4 Å². The van der Waals surface area contributed by atoms with Crippen LogP contribution in [0.4, 0.5) is 0 Å². The van der Waals surface area contributed by atoms with Crippen molar-refractivity contribution in [2.24, 2.45) is 0 Å². The molecule has 1 aromatic heterocycles. The number of carbonyl (C=O) groups excluding carboxylic acids is 2. The van der Waals surface area contributed by atoms with Gasteiger partial charge in [0.15, 0.2) is 0 Å². The minimum absolute atomic E-state index is 0.0310. The Morgan fingerprint density at radius 2 is 2.27 bits per heavy atom. The Balaban J connectivity index is 2.40. The van der Waals surface area contributed by atoms with Crippen LogP contribution in [0.3, 0.4) is 0 Å². The Kier molecular flexibility index (Phi) is 4.83. The molecule has 0 aliphatic rings. The first-order valence-corrected chi connectivity index (χ1v) is 5.46. The van der Waals surface area contributed by atoms with Crippen molar-refractivity contribution < 1.29 is 14.3 Å². The van der Waals surface area contributed by atoms with E-state index < -0.39 is 0 Å². The van der Waals surface area contributed by atoms with Gasteiger partial charge in [0.2, 0.25) is 5.12 Å². The Hall–Kier alpha value is -1.36. The number of rotatable bonds is 4. The van der Waals surface area contributed by atoms with Gasteiger partial charge in [0.05, 0.1) is 12.4 Å². The summed E-state index contributed by atoms with van der Waals surface area (Å²) in [4.78, 5) is 26.3. The second kappa shape index (κ2) is 6.19. The van der Waals surface area contributed by atoms with E-state index in [0.717, 1.165) is 11.8 Å². The molecule has 0 aliphatic heterocycles. The van der Waals surface area contributed by atoms with Crippen LogP contribution in [0.2, 0.25) is 0 Å². The molecule has 0 saturated carbocycles. The van der Waals surface area contributed by atoms with Crippen molar-refractivity contribution >= 4 is 22.8 Å². The molecule has 0 spiro atoms. The van der Waals surface area contributed by atoms with E-state index in [4.69, 9.17) is 4.74 Å². The molecule has 0 atom stereocenters. The number of hydrogen-bond acceptors (Lipinski definition) is 5. The number of ether oxygens (including phenoxy) is 1. The molecular formula is C10H11NO3S.